The number of hydrogen-bond donors (Lipinski definition) is 2. The molecule has 0 saturated carbocycles. The lowest BCUT2D eigenvalue weighted by molar-refractivity contribution is 0.255. The molecule has 5 heteroatoms. The van der Waals surface area contributed by atoms with E-state index >= 15 is 0 Å². The van der Waals surface area contributed by atoms with Crippen LogP contribution in [-0.2, 0) is 0 Å². The number of aliphatic hydroxyl groups excluding tert-OH is 1. The minimum atomic E-state index is 0.139. The number of aromatic nitrogens is 2. The molecule has 0 aliphatic heterocycles. The Labute approximate surface area is 88.2 Å². The Bertz CT molecular complexity index is 245. The maximum Gasteiger partial charge on any atom is 0.116 e. The van der Waals surface area contributed by atoms with Crippen LogP contribution in [0.4, 0.5) is 0 Å². The second-order valence-electron chi connectivity index (χ2n) is 2.80. The standard InChI is InChI=1S/C9H15N3OS/c1-2-11-8(5-13)6-14-9-3-4-10-7-12-9/h3-4,7-8,11,13H,2,5-6H2,1H3. The Balaban J connectivity index is 2.32. The van der Waals surface area contributed by atoms with Gasteiger partial charge in [0.15, 0.2) is 0 Å². The molecule has 0 aromatic carbocycles. The molecule has 78 valence electrons. The zero-order chi connectivity index (χ0) is 10.2. The van der Waals surface area contributed by atoms with E-state index in [1.807, 2.05) is 13.0 Å². The van der Waals surface area contributed by atoms with Gasteiger partial charge in [-0.15, -0.1) is 11.8 Å². The van der Waals surface area contributed by atoms with E-state index < -0.39 is 0 Å². The first kappa shape index (κ1) is 11.4. The van der Waals surface area contributed by atoms with Crippen molar-refractivity contribution in [1.29, 1.82) is 0 Å². The number of rotatable bonds is 6. The molecule has 0 aliphatic carbocycles. The van der Waals surface area contributed by atoms with E-state index in [4.69, 9.17) is 5.11 Å². The second kappa shape index (κ2) is 6.75. The predicted molar refractivity (Wildman–Crippen MR) is 57.3 cm³/mol. The molecule has 1 rings (SSSR count). The Morgan fingerprint density at radius 3 is 3.07 bits per heavy atom. The minimum Gasteiger partial charge on any atom is -0.395 e. The zero-order valence-electron chi connectivity index (χ0n) is 8.18. The van der Waals surface area contributed by atoms with Crippen molar-refractivity contribution in [2.75, 3.05) is 18.9 Å². The third-order valence-corrected chi connectivity index (χ3v) is 2.81. The molecule has 0 amide bonds. The summed E-state index contributed by atoms with van der Waals surface area (Å²) in [5, 5.41) is 13.2. The summed E-state index contributed by atoms with van der Waals surface area (Å²) in [6, 6.07) is 2.00. The molecule has 0 saturated heterocycles. The molecule has 0 bridgehead atoms. The Hall–Kier alpha value is -0.650. The van der Waals surface area contributed by atoms with Crippen LogP contribution in [0.25, 0.3) is 0 Å². The van der Waals surface area contributed by atoms with Crippen molar-refractivity contribution in [3.63, 3.8) is 0 Å². The first-order valence-corrected chi connectivity index (χ1v) is 5.58. The van der Waals surface area contributed by atoms with Gasteiger partial charge in [-0.25, -0.2) is 9.97 Å². The highest BCUT2D eigenvalue weighted by Crippen LogP contribution is 2.14. The Kier molecular flexibility index (Phi) is 5.51. The van der Waals surface area contributed by atoms with Crippen molar-refractivity contribution in [2.45, 2.75) is 18.0 Å². The number of hydrogen-bond acceptors (Lipinski definition) is 5. The zero-order valence-corrected chi connectivity index (χ0v) is 9.00. The monoisotopic (exact) mass is 213 g/mol. The third kappa shape index (κ3) is 4.04. The van der Waals surface area contributed by atoms with Crippen molar-refractivity contribution in [3.05, 3.63) is 18.6 Å². The Morgan fingerprint density at radius 2 is 2.50 bits per heavy atom. The summed E-state index contributed by atoms with van der Waals surface area (Å²) in [5.74, 6) is 0.821. The fourth-order valence-electron chi connectivity index (χ4n) is 1.01. The van der Waals surface area contributed by atoms with E-state index in [1.54, 1.807) is 18.0 Å². The van der Waals surface area contributed by atoms with Crippen molar-refractivity contribution in [2.24, 2.45) is 0 Å². The van der Waals surface area contributed by atoms with E-state index in [0.717, 1.165) is 17.3 Å². The normalized spacial score (nSPS) is 12.7. The van der Waals surface area contributed by atoms with Crippen LogP contribution in [0.15, 0.2) is 23.6 Å². The van der Waals surface area contributed by atoms with Crippen molar-refractivity contribution in [1.82, 2.24) is 15.3 Å². The van der Waals surface area contributed by atoms with Gasteiger partial charge in [-0.3, -0.25) is 0 Å². The average Bonchev–Trinajstić information content (AvgIpc) is 2.25. The smallest absolute Gasteiger partial charge is 0.116 e. The van der Waals surface area contributed by atoms with E-state index in [1.165, 1.54) is 6.33 Å². The molecule has 0 fully saturated rings. The lowest BCUT2D eigenvalue weighted by Gasteiger charge is -2.13. The van der Waals surface area contributed by atoms with E-state index in [-0.39, 0.29) is 12.6 Å². The van der Waals surface area contributed by atoms with Crippen LogP contribution < -0.4 is 5.32 Å². The van der Waals surface area contributed by atoms with Crippen LogP contribution in [0.5, 0.6) is 0 Å². The summed E-state index contributed by atoms with van der Waals surface area (Å²) in [5.41, 5.74) is 0. The summed E-state index contributed by atoms with van der Waals surface area (Å²) in [7, 11) is 0. The molecule has 1 unspecified atom stereocenters. The predicted octanol–water partition coefficient (Wildman–Crippen LogP) is 0.539. The van der Waals surface area contributed by atoms with Gasteiger partial charge in [0.1, 0.15) is 6.33 Å². The lowest BCUT2D eigenvalue weighted by atomic mass is 10.4. The molecule has 1 aromatic heterocycles. The highest BCUT2D eigenvalue weighted by Gasteiger charge is 2.06. The van der Waals surface area contributed by atoms with Gasteiger partial charge in [0.2, 0.25) is 0 Å². The second-order valence-corrected chi connectivity index (χ2v) is 3.84. The molecule has 0 spiro atoms. The van der Waals surface area contributed by atoms with Gasteiger partial charge < -0.3 is 10.4 Å². The quantitative estimate of drug-likeness (QED) is 0.533. The van der Waals surface area contributed by atoms with Gasteiger partial charge in [0.25, 0.3) is 0 Å². The lowest BCUT2D eigenvalue weighted by Crippen LogP contribution is -2.34. The van der Waals surface area contributed by atoms with Gasteiger partial charge >= 0.3 is 0 Å². The fraction of sp³-hybridized carbons (Fsp3) is 0.556. The molecule has 1 atom stereocenters. The number of likely N-dealkylation sites (N-methyl/N-ethyl adjacent to an activating group) is 1. The van der Waals surface area contributed by atoms with Crippen LogP contribution in [0.2, 0.25) is 0 Å². The van der Waals surface area contributed by atoms with Crippen LogP contribution in [0.1, 0.15) is 6.92 Å². The van der Waals surface area contributed by atoms with Gasteiger partial charge in [-0.05, 0) is 12.6 Å². The number of nitrogens with one attached hydrogen (secondary N) is 1. The molecular formula is C9H15N3OS. The molecule has 14 heavy (non-hydrogen) atoms. The van der Waals surface area contributed by atoms with E-state index in [2.05, 4.69) is 15.3 Å². The maximum absolute atomic E-state index is 9.03. The number of thioether (sulfide) groups is 1. The summed E-state index contributed by atoms with van der Waals surface area (Å²) in [6.45, 7) is 3.06. The summed E-state index contributed by atoms with van der Waals surface area (Å²) >= 11 is 1.62. The first-order valence-electron chi connectivity index (χ1n) is 4.60. The van der Waals surface area contributed by atoms with Gasteiger partial charge in [0.05, 0.1) is 11.6 Å². The average molecular weight is 213 g/mol. The van der Waals surface area contributed by atoms with Gasteiger partial charge in [-0.2, -0.15) is 0 Å². The minimum absolute atomic E-state index is 0.139. The SMILES string of the molecule is CCNC(CO)CSc1ccncn1. The molecule has 1 heterocycles. The van der Waals surface area contributed by atoms with Gasteiger partial charge in [-0.1, -0.05) is 6.92 Å². The number of aliphatic hydroxyl groups is 1. The van der Waals surface area contributed by atoms with Crippen LogP contribution in [0.3, 0.4) is 0 Å². The van der Waals surface area contributed by atoms with Crippen LogP contribution >= 0.6 is 11.8 Å². The van der Waals surface area contributed by atoms with E-state index in [9.17, 15) is 0 Å². The van der Waals surface area contributed by atoms with E-state index in [0.29, 0.717) is 0 Å². The summed E-state index contributed by atoms with van der Waals surface area (Å²) in [6.07, 6.45) is 3.25. The van der Waals surface area contributed by atoms with Gasteiger partial charge in [0, 0.05) is 18.0 Å². The third-order valence-electron chi connectivity index (χ3n) is 1.70. The van der Waals surface area contributed by atoms with Crippen LogP contribution in [0, 0.1) is 0 Å². The van der Waals surface area contributed by atoms with Crippen molar-refractivity contribution in [3.8, 4) is 0 Å². The topological polar surface area (TPSA) is 58.0 Å². The maximum atomic E-state index is 9.03. The Morgan fingerprint density at radius 1 is 1.64 bits per heavy atom. The summed E-state index contributed by atoms with van der Waals surface area (Å²) < 4.78 is 0. The highest BCUT2D eigenvalue weighted by molar-refractivity contribution is 7.99. The van der Waals surface area contributed by atoms with Crippen LogP contribution in [-0.4, -0.2) is 40.0 Å². The molecule has 0 radical (unpaired) electrons. The highest BCUT2D eigenvalue weighted by atomic mass is 32.2. The molecule has 1 aromatic rings. The fourth-order valence-corrected chi connectivity index (χ4v) is 1.89. The molecule has 2 N–H and O–H groups in total. The first-order chi connectivity index (χ1) is 6.86. The van der Waals surface area contributed by atoms with Crippen molar-refractivity contribution < 1.29 is 5.11 Å². The molecular weight excluding hydrogens is 198 g/mol. The molecule has 0 aliphatic rings. The summed E-state index contributed by atoms with van der Waals surface area (Å²) in [4.78, 5) is 7.93. The molecule has 4 nitrogen and oxygen atoms in total. The number of nitrogens with zero attached hydrogens (tertiary/aromatic N) is 2. The largest absolute Gasteiger partial charge is 0.395 e. The van der Waals surface area contributed by atoms with Crippen molar-refractivity contribution >= 4 is 11.8 Å².